The van der Waals surface area contributed by atoms with Crippen molar-refractivity contribution in [1.82, 2.24) is 4.57 Å². The third kappa shape index (κ3) is 6.40. The molecule has 1 aliphatic heterocycles. The molecule has 11 heteroatoms. The molecule has 8 nitrogen and oxygen atoms in total. The molecule has 1 atom stereocenters. The van der Waals surface area contributed by atoms with Crippen molar-refractivity contribution in [1.29, 1.82) is 0 Å². The number of piperidine rings is 1. The number of nitrogens with zero attached hydrogens (tertiary/aromatic N) is 2. The summed E-state index contributed by atoms with van der Waals surface area (Å²) in [7, 11) is 0. The van der Waals surface area contributed by atoms with E-state index in [1.54, 1.807) is 25.1 Å². The Morgan fingerprint density at radius 1 is 1.13 bits per heavy atom. The van der Waals surface area contributed by atoms with Gasteiger partial charge in [0.05, 0.1) is 17.9 Å². The minimum atomic E-state index is -2.78. The fraction of sp³-hybridized carbons (Fsp3) is 0.536. The molecule has 39 heavy (non-hydrogen) atoms. The minimum absolute atomic E-state index is 0.0615. The van der Waals surface area contributed by atoms with Crippen LogP contribution in [0.4, 0.5) is 25.8 Å². The van der Waals surface area contributed by atoms with Crippen LogP contribution in [0, 0.1) is 5.41 Å². The third-order valence-electron chi connectivity index (χ3n) is 8.04. The molecule has 3 aliphatic rings. The first-order valence-electron chi connectivity index (χ1n) is 13.5. The molecule has 1 aromatic heterocycles. The zero-order valence-corrected chi connectivity index (χ0v) is 22.8. The lowest BCUT2D eigenvalue weighted by Gasteiger charge is -2.35. The van der Waals surface area contributed by atoms with Gasteiger partial charge in [-0.25, -0.2) is 8.78 Å². The molecule has 1 aromatic carbocycles. The van der Waals surface area contributed by atoms with E-state index in [9.17, 15) is 23.2 Å². The molecule has 2 heterocycles. The average Bonchev–Trinajstić information content (AvgIpc) is 3.56. The lowest BCUT2D eigenvalue weighted by Crippen LogP contribution is -2.36. The highest BCUT2D eigenvalue weighted by molar-refractivity contribution is 8.01. The summed E-state index contributed by atoms with van der Waals surface area (Å²) in [5, 5.41) is 2.74. The number of amides is 1. The lowest BCUT2D eigenvalue weighted by molar-refractivity contribution is -0.139. The van der Waals surface area contributed by atoms with Crippen molar-refractivity contribution in [2.24, 2.45) is 5.41 Å². The van der Waals surface area contributed by atoms with Gasteiger partial charge in [0.1, 0.15) is 11.4 Å². The van der Waals surface area contributed by atoms with E-state index < -0.39 is 23.4 Å². The molecule has 0 bridgehead atoms. The third-order valence-corrected chi connectivity index (χ3v) is 8.80. The molecule has 3 fully saturated rings. The number of aromatic nitrogens is 1. The quantitative estimate of drug-likeness (QED) is 0.311. The highest BCUT2D eigenvalue weighted by Gasteiger charge is 2.45. The second-order valence-electron chi connectivity index (χ2n) is 10.8. The molecule has 210 valence electrons. The summed E-state index contributed by atoms with van der Waals surface area (Å²) in [5.41, 5.74) is 1.94. The fourth-order valence-corrected chi connectivity index (χ4v) is 6.14. The maximum atomic E-state index is 13.8. The highest BCUT2D eigenvalue weighted by atomic mass is 32.2. The number of hydrogen-bond acceptors (Lipinski definition) is 7. The Bertz CT molecular complexity index is 1290. The molecule has 1 spiro atoms. The van der Waals surface area contributed by atoms with Crippen molar-refractivity contribution in [3.8, 4) is 0 Å². The van der Waals surface area contributed by atoms with Gasteiger partial charge in [-0.2, -0.15) is 0 Å². The van der Waals surface area contributed by atoms with Gasteiger partial charge in [0, 0.05) is 43.9 Å². The second kappa shape index (κ2) is 11.2. The van der Waals surface area contributed by atoms with E-state index >= 15 is 0 Å². The zero-order valence-electron chi connectivity index (χ0n) is 22.0. The van der Waals surface area contributed by atoms with Crippen LogP contribution in [0.1, 0.15) is 68.3 Å². The first-order valence-corrected chi connectivity index (χ1v) is 14.5. The van der Waals surface area contributed by atoms with Gasteiger partial charge in [0.15, 0.2) is 0 Å². The molecule has 2 aromatic rings. The Labute approximate surface area is 230 Å². The van der Waals surface area contributed by atoms with Crippen LogP contribution in [0.3, 0.4) is 0 Å². The smallest absolute Gasteiger partial charge is 0.317 e. The number of ether oxygens (including phenoxy) is 1. The maximum absolute atomic E-state index is 13.8. The molecule has 0 radical (unpaired) electrons. The van der Waals surface area contributed by atoms with E-state index in [0.29, 0.717) is 17.6 Å². The van der Waals surface area contributed by atoms with E-state index in [4.69, 9.17) is 4.74 Å². The van der Waals surface area contributed by atoms with Gasteiger partial charge in [0.25, 0.3) is 11.5 Å². The van der Waals surface area contributed by atoms with E-state index in [2.05, 4.69) is 14.9 Å². The van der Waals surface area contributed by atoms with Crippen LogP contribution in [0.2, 0.25) is 0 Å². The number of rotatable bonds is 9. The minimum Gasteiger partial charge on any atom is -0.465 e. The van der Waals surface area contributed by atoms with E-state index in [-0.39, 0.29) is 36.7 Å². The van der Waals surface area contributed by atoms with Crippen molar-refractivity contribution in [2.45, 2.75) is 63.8 Å². The second-order valence-corrected chi connectivity index (χ2v) is 11.5. The highest BCUT2D eigenvalue weighted by Crippen LogP contribution is 2.54. The van der Waals surface area contributed by atoms with Gasteiger partial charge in [-0.05, 0) is 86.7 Å². The van der Waals surface area contributed by atoms with Crippen molar-refractivity contribution in [2.75, 3.05) is 40.4 Å². The largest absolute Gasteiger partial charge is 0.465 e. The number of carbonyl (C=O) groups excluding carboxylic acids is 2. The summed E-state index contributed by atoms with van der Waals surface area (Å²) in [6.45, 7) is 3.74. The summed E-state index contributed by atoms with van der Waals surface area (Å²) in [5.74, 6) is -3.39. The van der Waals surface area contributed by atoms with Crippen molar-refractivity contribution in [3.63, 3.8) is 0 Å². The number of benzene rings is 1. The molecule has 2 N–H and O–H groups in total. The van der Waals surface area contributed by atoms with Crippen LogP contribution in [-0.4, -0.2) is 47.8 Å². The van der Waals surface area contributed by atoms with Crippen LogP contribution in [-0.2, 0) is 9.53 Å². The average molecular weight is 561 g/mol. The number of anilines is 3. The first kappa shape index (κ1) is 27.5. The van der Waals surface area contributed by atoms with Crippen molar-refractivity contribution < 1.29 is 23.1 Å². The molecular formula is C28H34F2N4O4S. The summed E-state index contributed by atoms with van der Waals surface area (Å²) in [4.78, 5) is 40.5. The van der Waals surface area contributed by atoms with Gasteiger partial charge in [-0.1, -0.05) is 0 Å². The summed E-state index contributed by atoms with van der Waals surface area (Å²) >= 11 is 1.21. The Morgan fingerprint density at radius 3 is 2.56 bits per heavy atom. The summed E-state index contributed by atoms with van der Waals surface area (Å²) < 4.78 is 37.0. The molecule has 1 unspecified atom stereocenters. The SMILES string of the molecule is CCOC(=O)CSNc1ccc(C(=O)Nc2cccn(C3CCC(F)(F)C3)c2=O)c(N2CCC3(CC2)CC3)c1. The Kier molecular flexibility index (Phi) is 7.89. The number of hydrogen-bond donors (Lipinski definition) is 2. The number of nitrogens with one attached hydrogen (secondary N) is 2. The van der Waals surface area contributed by atoms with E-state index in [1.165, 1.54) is 41.6 Å². The molecule has 1 saturated heterocycles. The van der Waals surface area contributed by atoms with Gasteiger partial charge >= 0.3 is 5.97 Å². The Balaban J connectivity index is 1.35. The van der Waals surface area contributed by atoms with Crippen LogP contribution in [0.25, 0.3) is 0 Å². The Morgan fingerprint density at radius 2 is 1.90 bits per heavy atom. The summed E-state index contributed by atoms with van der Waals surface area (Å²) in [6.07, 6.45) is 5.74. The topological polar surface area (TPSA) is 92.7 Å². The number of alkyl halides is 2. The predicted octanol–water partition coefficient (Wildman–Crippen LogP) is 5.46. The van der Waals surface area contributed by atoms with Crippen molar-refractivity contribution >= 4 is 40.9 Å². The zero-order chi connectivity index (χ0) is 27.6. The van der Waals surface area contributed by atoms with Gasteiger partial charge < -0.3 is 24.2 Å². The lowest BCUT2D eigenvalue weighted by atomic mass is 9.93. The van der Waals surface area contributed by atoms with E-state index in [0.717, 1.165) is 37.3 Å². The van der Waals surface area contributed by atoms with Gasteiger partial charge in [0.2, 0.25) is 5.92 Å². The standard InChI is InChI=1S/C28H34F2N4O4S/c1-2-38-24(35)18-39-32-19-5-6-21(23(16-19)33-14-11-27(9-10-27)12-15-33)25(36)31-22-4-3-13-34(26(22)37)20-7-8-28(29,30)17-20/h3-6,13,16,20,32H,2,7-12,14-15,17-18H2,1H3,(H,31,36). The maximum Gasteiger partial charge on any atom is 0.317 e. The van der Waals surface area contributed by atoms with Gasteiger partial charge in [-0.15, -0.1) is 0 Å². The van der Waals surface area contributed by atoms with E-state index in [1.807, 2.05) is 6.07 Å². The first-order chi connectivity index (χ1) is 18.7. The van der Waals surface area contributed by atoms with Crippen LogP contribution >= 0.6 is 11.9 Å². The number of esters is 1. The molecule has 5 rings (SSSR count). The molecule has 1 amide bonds. The number of pyridine rings is 1. The molecule has 2 saturated carbocycles. The molecular weight excluding hydrogens is 526 g/mol. The number of halogens is 2. The number of carbonyl (C=O) groups is 2. The van der Waals surface area contributed by atoms with Crippen LogP contribution in [0.15, 0.2) is 41.3 Å². The van der Waals surface area contributed by atoms with Crippen LogP contribution in [0.5, 0.6) is 0 Å². The monoisotopic (exact) mass is 560 g/mol. The van der Waals surface area contributed by atoms with Gasteiger partial charge in [-0.3, -0.25) is 14.4 Å². The van der Waals surface area contributed by atoms with Crippen LogP contribution < -0.4 is 20.5 Å². The summed E-state index contributed by atoms with van der Waals surface area (Å²) in [6, 6.07) is 7.86. The predicted molar refractivity (Wildman–Crippen MR) is 149 cm³/mol. The normalized spacial score (nSPS) is 21.0. The Hall–Kier alpha value is -3.08. The fourth-order valence-electron chi connectivity index (χ4n) is 5.57. The molecule has 2 aliphatic carbocycles. The van der Waals surface area contributed by atoms with Crippen molar-refractivity contribution in [3.05, 3.63) is 52.4 Å².